The molecule has 0 radical (unpaired) electrons. The zero-order chi connectivity index (χ0) is 22.6. The van der Waals surface area contributed by atoms with Crippen molar-refractivity contribution < 1.29 is 4.74 Å². The molecule has 168 valence electrons. The molecule has 1 fully saturated rings. The Labute approximate surface area is 196 Å². The van der Waals surface area contributed by atoms with Crippen molar-refractivity contribution in [3.8, 4) is 11.4 Å². The highest BCUT2D eigenvalue weighted by Crippen LogP contribution is 2.31. The standard InChI is InChI=1S/C23H23ClN8O/c1-31-22(26-15-27-31)18-4-2-3-5-20(18)29-21-19(24)14-25-23(30-21)28-16-6-8-17(9-7-16)32-10-12-33-13-11-32/h2-9,14-15H,10-13H2,1H3,(H2,25,28,29,30). The maximum atomic E-state index is 6.40. The Hall–Kier alpha value is -3.69. The molecule has 9 nitrogen and oxygen atoms in total. The van der Waals surface area contributed by atoms with Gasteiger partial charge in [-0.05, 0) is 36.4 Å². The van der Waals surface area contributed by atoms with Gasteiger partial charge in [0.15, 0.2) is 11.6 Å². The first-order valence-electron chi connectivity index (χ1n) is 10.6. The molecular formula is C23H23ClN8O. The second kappa shape index (κ2) is 9.43. The highest BCUT2D eigenvalue weighted by molar-refractivity contribution is 6.33. The molecule has 0 amide bonds. The van der Waals surface area contributed by atoms with Gasteiger partial charge >= 0.3 is 0 Å². The van der Waals surface area contributed by atoms with Crippen molar-refractivity contribution >= 4 is 40.4 Å². The molecule has 2 aromatic carbocycles. The second-order valence-electron chi connectivity index (χ2n) is 7.54. The molecule has 0 atom stereocenters. The van der Waals surface area contributed by atoms with Crippen LogP contribution in [0.4, 0.5) is 28.8 Å². The van der Waals surface area contributed by atoms with Crippen molar-refractivity contribution in [2.75, 3.05) is 41.8 Å². The van der Waals surface area contributed by atoms with E-state index in [9.17, 15) is 0 Å². The quantitative estimate of drug-likeness (QED) is 0.439. The zero-order valence-corrected chi connectivity index (χ0v) is 18.8. The molecule has 1 aliphatic rings. The number of aromatic nitrogens is 5. The van der Waals surface area contributed by atoms with Gasteiger partial charge in [0, 0.05) is 37.1 Å². The summed E-state index contributed by atoms with van der Waals surface area (Å²) < 4.78 is 7.14. The Morgan fingerprint density at radius 3 is 2.52 bits per heavy atom. The van der Waals surface area contributed by atoms with Crippen LogP contribution in [0.5, 0.6) is 0 Å². The van der Waals surface area contributed by atoms with Crippen LogP contribution in [-0.2, 0) is 11.8 Å². The third kappa shape index (κ3) is 4.74. The molecule has 0 saturated carbocycles. The molecule has 1 aliphatic heterocycles. The molecule has 0 aliphatic carbocycles. The number of nitrogens with one attached hydrogen (secondary N) is 2. The van der Waals surface area contributed by atoms with Gasteiger partial charge in [-0.2, -0.15) is 10.1 Å². The smallest absolute Gasteiger partial charge is 0.229 e. The van der Waals surface area contributed by atoms with Crippen LogP contribution in [0, 0.1) is 0 Å². The van der Waals surface area contributed by atoms with Crippen molar-refractivity contribution in [2.24, 2.45) is 7.05 Å². The average molecular weight is 463 g/mol. The lowest BCUT2D eigenvalue weighted by atomic mass is 10.1. The van der Waals surface area contributed by atoms with Crippen molar-refractivity contribution in [3.05, 3.63) is 66.1 Å². The second-order valence-corrected chi connectivity index (χ2v) is 7.95. The van der Waals surface area contributed by atoms with Crippen LogP contribution in [0.3, 0.4) is 0 Å². The van der Waals surface area contributed by atoms with Crippen molar-refractivity contribution in [2.45, 2.75) is 0 Å². The summed E-state index contributed by atoms with van der Waals surface area (Å²) in [5.74, 6) is 1.67. The van der Waals surface area contributed by atoms with Crippen LogP contribution >= 0.6 is 11.6 Å². The summed E-state index contributed by atoms with van der Waals surface area (Å²) >= 11 is 6.40. The average Bonchev–Trinajstić information content (AvgIpc) is 3.28. The minimum atomic E-state index is 0.413. The molecule has 0 spiro atoms. The number of benzene rings is 2. The first kappa shape index (κ1) is 21.2. The van der Waals surface area contributed by atoms with E-state index in [4.69, 9.17) is 16.3 Å². The number of halogens is 1. The first-order chi connectivity index (χ1) is 16.2. The largest absolute Gasteiger partial charge is 0.378 e. The Kier molecular flexibility index (Phi) is 6.05. The van der Waals surface area contributed by atoms with Gasteiger partial charge in [0.05, 0.1) is 25.1 Å². The van der Waals surface area contributed by atoms with E-state index >= 15 is 0 Å². The Bertz CT molecular complexity index is 1240. The summed E-state index contributed by atoms with van der Waals surface area (Å²) in [7, 11) is 1.85. The van der Waals surface area contributed by atoms with Crippen LogP contribution in [0.1, 0.15) is 0 Å². The molecule has 0 unspecified atom stereocenters. The van der Waals surface area contributed by atoms with E-state index in [1.54, 1.807) is 10.9 Å². The molecule has 3 heterocycles. The molecule has 2 N–H and O–H groups in total. The van der Waals surface area contributed by atoms with Gasteiger partial charge in [-0.3, -0.25) is 0 Å². The molecule has 33 heavy (non-hydrogen) atoms. The molecule has 4 aromatic rings. The van der Waals surface area contributed by atoms with Crippen molar-refractivity contribution in [3.63, 3.8) is 0 Å². The Balaban J connectivity index is 1.35. The molecule has 1 saturated heterocycles. The predicted molar refractivity (Wildman–Crippen MR) is 130 cm³/mol. The Morgan fingerprint density at radius 1 is 0.970 bits per heavy atom. The van der Waals surface area contributed by atoms with Gasteiger partial charge < -0.3 is 20.3 Å². The number of para-hydroxylation sites is 1. The third-order valence-corrected chi connectivity index (χ3v) is 5.65. The van der Waals surface area contributed by atoms with Gasteiger partial charge in [0.25, 0.3) is 0 Å². The number of morpholine rings is 1. The van der Waals surface area contributed by atoms with E-state index in [-0.39, 0.29) is 0 Å². The number of hydrogen-bond donors (Lipinski definition) is 2. The molecule has 5 rings (SSSR count). The monoisotopic (exact) mass is 462 g/mol. The normalized spacial score (nSPS) is 13.7. The van der Waals surface area contributed by atoms with Crippen LogP contribution in [0.2, 0.25) is 5.02 Å². The Morgan fingerprint density at radius 2 is 1.76 bits per heavy atom. The van der Waals surface area contributed by atoms with E-state index < -0.39 is 0 Å². The summed E-state index contributed by atoms with van der Waals surface area (Å²) in [6, 6.07) is 16.0. The lowest BCUT2D eigenvalue weighted by Crippen LogP contribution is -2.36. The number of anilines is 5. The van der Waals surface area contributed by atoms with Gasteiger partial charge in [0.1, 0.15) is 11.3 Å². The molecule has 0 bridgehead atoms. The summed E-state index contributed by atoms with van der Waals surface area (Å²) in [6.45, 7) is 3.32. The lowest BCUT2D eigenvalue weighted by molar-refractivity contribution is 0.122. The van der Waals surface area contributed by atoms with Gasteiger partial charge in [0.2, 0.25) is 5.95 Å². The summed E-state index contributed by atoms with van der Waals surface area (Å²) in [5.41, 5.74) is 3.76. The molecule has 10 heteroatoms. The SMILES string of the molecule is Cn1ncnc1-c1ccccc1Nc1nc(Nc2ccc(N3CCOCC3)cc2)ncc1Cl. The summed E-state index contributed by atoms with van der Waals surface area (Å²) in [5, 5.41) is 11.1. The summed E-state index contributed by atoms with van der Waals surface area (Å²) in [4.78, 5) is 15.6. The highest BCUT2D eigenvalue weighted by Gasteiger charge is 2.14. The van der Waals surface area contributed by atoms with E-state index in [0.29, 0.717) is 16.8 Å². The summed E-state index contributed by atoms with van der Waals surface area (Å²) in [6.07, 6.45) is 3.10. The van der Waals surface area contributed by atoms with Gasteiger partial charge in [-0.15, -0.1) is 0 Å². The maximum absolute atomic E-state index is 6.40. The zero-order valence-electron chi connectivity index (χ0n) is 18.1. The number of rotatable bonds is 6. The first-order valence-corrected chi connectivity index (χ1v) is 11.0. The van der Waals surface area contributed by atoms with E-state index in [1.165, 1.54) is 12.0 Å². The number of nitrogens with zero attached hydrogens (tertiary/aromatic N) is 6. The van der Waals surface area contributed by atoms with E-state index in [1.807, 2.05) is 43.4 Å². The van der Waals surface area contributed by atoms with E-state index in [0.717, 1.165) is 49.1 Å². The van der Waals surface area contributed by atoms with Crippen LogP contribution in [0.15, 0.2) is 61.1 Å². The van der Waals surface area contributed by atoms with Crippen LogP contribution in [0.25, 0.3) is 11.4 Å². The van der Waals surface area contributed by atoms with Crippen molar-refractivity contribution in [1.82, 2.24) is 24.7 Å². The van der Waals surface area contributed by atoms with Crippen LogP contribution in [-0.4, -0.2) is 51.0 Å². The molecule has 2 aromatic heterocycles. The number of ether oxygens (including phenoxy) is 1. The number of aryl methyl sites for hydroxylation is 1. The predicted octanol–water partition coefficient (Wildman–Crippen LogP) is 4.25. The van der Waals surface area contributed by atoms with Gasteiger partial charge in [-0.25, -0.2) is 14.6 Å². The highest BCUT2D eigenvalue weighted by atomic mass is 35.5. The van der Waals surface area contributed by atoms with E-state index in [2.05, 4.69) is 47.7 Å². The fraction of sp³-hybridized carbons (Fsp3) is 0.217. The maximum Gasteiger partial charge on any atom is 0.229 e. The third-order valence-electron chi connectivity index (χ3n) is 5.38. The topological polar surface area (TPSA) is 93.0 Å². The number of hydrogen-bond acceptors (Lipinski definition) is 8. The molecular weight excluding hydrogens is 440 g/mol. The lowest BCUT2D eigenvalue weighted by Gasteiger charge is -2.28. The minimum absolute atomic E-state index is 0.413. The van der Waals surface area contributed by atoms with Crippen molar-refractivity contribution in [1.29, 1.82) is 0 Å². The van der Waals surface area contributed by atoms with Gasteiger partial charge in [-0.1, -0.05) is 23.7 Å². The fourth-order valence-electron chi connectivity index (χ4n) is 3.68. The fourth-order valence-corrected chi connectivity index (χ4v) is 3.81. The van der Waals surface area contributed by atoms with Crippen LogP contribution < -0.4 is 15.5 Å². The minimum Gasteiger partial charge on any atom is -0.378 e.